The number of hydrogen-bond donors (Lipinski definition) is 1. The van der Waals surface area contributed by atoms with Crippen LogP contribution >= 0.6 is 0 Å². The fourth-order valence-corrected chi connectivity index (χ4v) is 3.04. The molecule has 0 spiro atoms. The van der Waals surface area contributed by atoms with E-state index in [1.54, 1.807) is 12.1 Å². The van der Waals surface area contributed by atoms with Crippen molar-refractivity contribution in [2.75, 3.05) is 0 Å². The van der Waals surface area contributed by atoms with E-state index in [1.807, 2.05) is 35.0 Å². The number of nitrogens with zero attached hydrogens (tertiary/aromatic N) is 2. The third-order valence-electron chi connectivity index (χ3n) is 3.06. The zero-order valence-corrected chi connectivity index (χ0v) is 11.8. The zero-order chi connectivity index (χ0) is 14.8. The Morgan fingerprint density at radius 2 is 1.95 bits per heavy atom. The zero-order valence-electron chi connectivity index (χ0n) is 11.0. The molecule has 1 aromatic carbocycles. The molecule has 3 rings (SSSR count). The Kier molecular flexibility index (Phi) is 3.53. The smallest absolute Gasteiger partial charge is 0.335 e. The summed E-state index contributed by atoms with van der Waals surface area (Å²) in [5, 5.41) is 8.84. The second kappa shape index (κ2) is 5.49. The van der Waals surface area contributed by atoms with Crippen molar-refractivity contribution < 1.29 is 14.1 Å². The van der Waals surface area contributed by atoms with Crippen molar-refractivity contribution >= 4 is 22.4 Å². The molecule has 2 heterocycles. The highest BCUT2D eigenvalue weighted by Crippen LogP contribution is 2.14. The molecule has 1 atom stereocenters. The Morgan fingerprint density at radius 1 is 1.19 bits per heavy atom. The van der Waals surface area contributed by atoms with Crippen LogP contribution in [0.25, 0.3) is 5.65 Å². The van der Waals surface area contributed by atoms with Gasteiger partial charge in [0.2, 0.25) is 0 Å². The van der Waals surface area contributed by atoms with Crippen LogP contribution in [0.5, 0.6) is 0 Å². The fourth-order valence-electron chi connectivity index (χ4n) is 2.02. The van der Waals surface area contributed by atoms with E-state index in [4.69, 9.17) is 5.11 Å². The van der Waals surface area contributed by atoms with Gasteiger partial charge in [0.15, 0.2) is 0 Å². The Morgan fingerprint density at radius 3 is 2.62 bits per heavy atom. The molecule has 21 heavy (non-hydrogen) atoms. The molecule has 0 saturated heterocycles. The summed E-state index contributed by atoms with van der Waals surface area (Å²) in [5.41, 5.74) is 1.73. The fraction of sp³-hybridized carbons (Fsp3) is 0.0667. The molecule has 0 fully saturated rings. The van der Waals surface area contributed by atoms with Crippen LogP contribution in [0.1, 0.15) is 16.1 Å². The van der Waals surface area contributed by atoms with E-state index in [2.05, 4.69) is 4.98 Å². The van der Waals surface area contributed by atoms with Gasteiger partial charge in [-0.15, -0.1) is 0 Å². The van der Waals surface area contributed by atoms with Gasteiger partial charge in [-0.1, -0.05) is 6.07 Å². The molecule has 3 aromatic rings. The van der Waals surface area contributed by atoms with Crippen LogP contribution in [0.3, 0.4) is 0 Å². The minimum Gasteiger partial charge on any atom is -0.478 e. The molecule has 0 saturated carbocycles. The first-order valence-corrected chi connectivity index (χ1v) is 7.60. The minimum absolute atomic E-state index is 0.184. The number of imidazole rings is 1. The molecular formula is C15H12N2O3S. The van der Waals surface area contributed by atoms with Gasteiger partial charge in [-0.3, -0.25) is 4.21 Å². The van der Waals surface area contributed by atoms with E-state index in [1.165, 1.54) is 12.1 Å². The Balaban J connectivity index is 1.80. The van der Waals surface area contributed by atoms with Gasteiger partial charge in [0.1, 0.15) is 5.65 Å². The van der Waals surface area contributed by atoms with Gasteiger partial charge in [-0.2, -0.15) is 0 Å². The lowest BCUT2D eigenvalue weighted by molar-refractivity contribution is 0.0697. The first kappa shape index (κ1) is 13.5. The Labute approximate surface area is 123 Å². The van der Waals surface area contributed by atoms with Crippen molar-refractivity contribution in [2.24, 2.45) is 0 Å². The molecule has 0 aliphatic rings. The Hall–Kier alpha value is -2.47. The van der Waals surface area contributed by atoms with Crippen molar-refractivity contribution in [1.29, 1.82) is 0 Å². The number of carboxylic acids is 1. The highest BCUT2D eigenvalue weighted by Gasteiger charge is 2.10. The number of carboxylic acid groups (broad SMARTS) is 1. The summed E-state index contributed by atoms with van der Waals surface area (Å²) in [6.45, 7) is 0. The van der Waals surface area contributed by atoms with Crippen LogP contribution in [-0.2, 0) is 16.6 Å². The van der Waals surface area contributed by atoms with Crippen LogP contribution < -0.4 is 0 Å². The number of carbonyl (C=O) groups is 1. The molecule has 0 aliphatic carbocycles. The normalized spacial score (nSPS) is 12.4. The number of aromatic carboxylic acids is 1. The molecule has 6 heteroatoms. The van der Waals surface area contributed by atoms with E-state index in [0.717, 1.165) is 11.3 Å². The van der Waals surface area contributed by atoms with Crippen molar-refractivity contribution in [3.05, 3.63) is 66.1 Å². The number of hydrogen-bond acceptors (Lipinski definition) is 3. The van der Waals surface area contributed by atoms with E-state index < -0.39 is 16.8 Å². The highest BCUT2D eigenvalue weighted by molar-refractivity contribution is 7.84. The SMILES string of the molecule is O=C(O)c1ccc(S(=O)Cc2cn3ccccc3n2)cc1. The van der Waals surface area contributed by atoms with E-state index >= 15 is 0 Å². The molecule has 5 nitrogen and oxygen atoms in total. The van der Waals surface area contributed by atoms with Crippen LogP contribution in [0.15, 0.2) is 59.8 Å². The topological polar surface area (TPSA) is 71.7 Å². The lowest BCUT2D eigenvalue weighted by Gasteiger charge is -2.01. The first-order chi connectivity index (χ1) is 10.1. The number of rotatable bonds is 4. The monoisotopic (exact) mass is 300 g/mol. The highest BCUT2D eigenvalue weighted by atomic mass is 32.2. The summed E-state index contributed by atoms with van der Waals surface area (Å²) < 4.78 is 14.2. The number of aromatic nitrogens is 2. The van der Waals surface area contributed by atoms with Crippen LogP contribution in [-0.4, -0.2) is 24.7 Å². The van der Waals surface area contributed by atoms with Crippen LogP contribution in [0, 0.1) is 0 Å². The van der Waals surface area contributed by atoms with Gasteiger partial charge < -0.3 is 9.51 Å². The summed E-state index contributed by atoms with van der Waals surface area (Å²) >= 11 is 0. The van der Waals surface area contributed by atoms with Gasteiger partial charge in [0, 0.05) is 17.3 Å². The third-order valence-corrected chi connectivity index (χ3v) is 4.41. The summed E-state index contributed by atoms with van der Waals surface area (Å²) in [4.78, 5) is 15.8. The molecule has 1 N–H and O–H groups in total. The predicted octanol–water partition coefficient (Wildman–Crippen LogP) is 2.34. The summed E-state index contributed by atoms with van der Waals surface area (Å²) in [6.07, 6.45) is 3.73. The first-order valence-electron chi connectivity index (χ1n) is 6.28. The van der Waals surface area contributed by atoms with Crippen molar-refractivity contribution in [1.82, 2.24) is 9.38 Å². The molecule has 0 bridgehead atoms. The van der Waals surface area contributed by atoms with Crippen LogP contribution in [0.4, 0.5) is 0 Å². The number of pyridine rings is 1. The number of fused-ring (bicyclic) bond motifs is 1. The second-order valence-electron chi connectivity index (χ2n) is 4.52. The largest absolute Gasteiger partial charge is 0.478 e. The summed E-state index contributed by atoms with van der Waals surface area (Å²) in [5.74, 6) is -0.693. The maximum absolute atomic E-state index is 12.3. The van der Waals surface area contributed by atoms with Crippen molar-refractivity contribution in [3.8, 4) is 0 Å². The predicted molar refractivity (Wildman–Crippen MR) is 78.7 cm³/mol. The van der Waals surface area contributed by atoms with E-state index in [-0.39, 0.29) is 5.56 Å². The van der Waals surface area contributed by atoms with Gasteiger partial charge in [0.05, 0.1) is 27.8 Å². The van der Waals surface area contributed by atoms with Gasteiger partial charge in [-0.05, 0) is 36.4 Å². The average molecular weight is 300 g/mol. The summed E-state index contributed by atoms with van der Waals surface area (Å²) in [7, 11) is -1.25. The van der Waals surface area contributed by atoms with Gasteiger partial charge in [0.25, 0.3) is 0 Å². The second-order valence-corrected chi connectivity index (χ2v) is 5.97. The molecule has 106 valence electrons. The molecular weight excluding hydrogens is 288 g/mol. The third kappa shape index (κ3) is 2.85. The molecule has 2 aromatic heterocycles. The number of benzene rings is 1. The molecule has 1 unspecified atom stereocenters. The average Bonchev–Trinajstić information content (AvgIpc) is 2.89. The van der Waals surface area contributed by atoms with Crippen molar-refractivity contribution in [3.63, 3.8) is 0 Å². The van der Waals surface area contributed by atoms with Gasteiger partial charge in [-0.25, -0.2) is 9.78 Å². The van der Waals surface area contributed by atoms with E-state index in [9.17, 15) is 9.00 Å². The van der Waals surface area contributed by atoms with E-state index in [0.29, 0.717) is 10.6 Å². The summed E-state index contributed by atoms with van der Waals surface area (Å²) in [6, 6.07) is 11.8. The minimum atomic E-state index is -1.25. The van der Waals surface area contributed by atoms with Crippen molar-refractivity contribution in [2.45, 2.75) is 10.6 Å². The van der Waals surface area contributed by atoms with Gasteiger partial charge >= 0.3 is 5.97 Å². The molecule has 0 radical (unpaired) electrons. The lowest BCUT2D eigenvalue weighted by Crippen LogP contribution is -1.99. The lowest BCUT2D eigenvalue weighted by atomic mass is 10.2. The van der Waals surface area contributed by atoms with Crippen LogP contribution in [0.2, 0.25) is 0 Å². The molecule has 0 aliphatic heterocycles. The standard InChI is InChI=1S/C15H12N2O3S/c18-15(19)11-4-6-13(7-5-11)21(20)10-12-9-17-8-2-1-3-14(17)16-12/h1-9H,10H2,(H,18,19). The maximum atomic E-state index is 12.3. The quantitative estimate of drug-likeness (QED) is 0.802. The molecule has 0 amide bonds. The maximum Gasteiger partial charge on any atom is 0.335 e. The Bertz CT molecular complexity index is 791.